The maximum Gasteiger partial charge on any atom is 0.345 e. The predicted molar refractivity (Wildman–Crippen MR) is 72.2 cm³/mol. The molecule has 1 heterocycles. The summed E-state index contributed by atoms with van der Waals surface area (Å²) in [6, 6.07) is 1.11. The van der Waals surface area contributed by atoms with Crippen molar-refractivity contribution < 1.29 is 23.1 Å². The van der Waals surface area contributed by atoms with Crippen LogP contribution in [0.3, 0.4) is 0 Å². The maximum atomic E-state index is 11.8. The third kappa shape index (κ3) is 3.78. The molecule has 110 valence electrons. The molecule has 0 spiro atoms. The van der Waals surface area contributed by atoms with Crippen molar-refractivity contribution in [1.82, 2.24) is 10.0 Å². The lowest BCUT2D eigenvalue weighted by molar-refractivity contribution is -0.122. The molecule has 1 aromatic heterocycles. The molecule has 0 radical (unpaired) electrons. The average Bonchev–Trinajstić information content (AvgIpc) is 3.10. The van der Waals surface area contributed by atoms with Crippen LogP contribution < -0.4 is 10.0 Å². The third-order valence-corrected chi connectivity index (χ3v) is 5.27. The first-order valence-electron chi connectivity index (χ1n) is 5.99. The van der Waals surface area contributed by atoms with Crippen molar-refractivity contribution in [1.29, 1.82) is 0 Å². The Morgan fingerprint density at radius 1 is 1.35 bits per heavy atom. The molecule has 0 bridgehead atoms. The summed E-state index contributed by atoms with van der Waals surface area (Å²) in [4.78, 5) is 21.9. The number of carboxylic acids is 1. The van der Waals surface area contributed by atoms with Gasteiger partial charge in [0.2, 0.25) is 15.9 Å². The largest absolute Gasteiger partial charge is 0.477 e. The number of carbonyl (C=O) groups excluding carboxylic acids is 1. The van der Waals surface area contributed by atoms with Gasteiger partial charge >= 0.3 is 5.97 Å². The van der Waals surface area contributed by atoms with Gasteiger partial charge in [0.1, 0.15) is 4.88 Å². The summed E-state index contributed by atoms with van der Waals surface area (Å²) in [5.41, 5.74) is 0. The molecule has 1 aromatic rings. The Morgan fingerprint density at radius 3 is 2.60 bits per heavy atom. The summed E-state index contributed by atoms with van der Waals surface area (Å²) < 4.78 is 26.0. The molecular formula is C11H14N2O5S2. The van der Waals surface area contributed by atoms with Gasteiger partial charge in [-0.3, -0.25) is 4.79 Å². The number of carboxylic acid groups (broad SMARTS) is 1. The van der Waals surface area contributed by atoms with Crippen LogP contribution in [-0.4, -0.2) is 38.5 Å². The second-order valence-corrected chi connectivity index (χ2v) is 7.09. The molecule has 1 aliphatic rings. The first-order valence-corrected chi connectivity index (χ1v) is 8.35. The number of sulfonamides is 1. The van der Waals surface area contributed by atoms with E-state index in [0.29, 0.717) is 0 Å². The Hall–Kier alpha value is -1.45. The fourth-order valence-electron chi connectivity index (χ4n) is 1.52. The Bertz CT molecular complexity index is 619. The molecule has 1 saturated carbocycles. The molecule has 9 heteroatoms. The van der Waals surface area contributed by atoms with Gasteiger partial charge in [0, 0.05) is 24.4 Å². The highest BCUT2D eigenvalue weighted by molar-refractivity contribution is 7.89. The number of rotatable bonds is 7. The van der Waals surface area contributed by atoms with Crippen LogP contribution >= 0.6 is 11.3 Å². The fraction of sp³-hybridized carbons (Fsp3) is 0.455. The third-order valence-electron chi connectivity index (χ3n) is 2.76. The van der Waals surface area contributed by atoms with Gasteiger partial charge in [-0.1, -0.05) is 0 Å². The Balaban J connectivity index is 1.83. The molecule has 3 N–H and O–H groups in total. The van der Waals surface area contributed by atoms with Gasteiger partial charge in [0.05, 0.1) is 4.90 Å². The van der Waals surface area contributed by atoms with E-state index >= 15 is 0 Å². The molecule has 0 saturated heterocycles. The van der Waals surface area contributed by atoms with Gasteiger partial charge in [-0.15, -0.1) is 11.3 Å². The van der Waals surface area contributed by atoms with E-state index in [4.69, 9.17) is 5.11 Å². The number of aromatic carboxylic acids is 1. The molecule has 20 heavy (non-hydrogen) atoms. The van der Waals surface area contributed by atoms with E-state index < -0.39 is 16.0 Å². The fourth-order valence-corrected chi connectivity index (χ4v) is 3.66. The van der Waals surface area contributed by atoms with Crippen molar-refractivity contribution in [3.05, 3.63) is 16.3 Å². The molecule has 1 aliphatic carbocycles. The van der Waals surface area contributed by atoms with Crippen LogP contribution in [0.25, 0.3) is 0 Å². The first kappa shape index (κ1) is 14.9. The summed E-state index contributed by atoms with van der Waals surface area (Å²) in [6.45, 7) is 0.281. The summed E-state index contributed by atoms with van der Waals surface area (Å²) in [7, 11) is -3.73. The summed E-state index contributed by atoms with van der Waals surface area (Å²) in [6.07, 6.45) is 1.79. The van der Waals surface area contributed by atoms with E-state index in [1.807, 2.05) is 0 Å². The lowest BCUT2D eigenvalue weighted by atomic mass is 10.4. The van der Waals surface area contributed by atoms with E-state index in [1.54, 1.807) is 0 Å². The van der Waals surface area contributed by atoms with Crippen molar-refractivity contribution in [3.63, 3.8) is 0 Å². The van der Waals surface area contributed by atoms with Crippen molar-refractivity contribution in [2.24, 2.45) is 5.92 Å². The van der Waals surface area contributed by atoms with E-state index in [1.165, 1.54) is 5.38 Å². The lowest BCUT2D eigenvalue weighted by Gasteiger charge is -2.06. The van der Waals surface area contributed by atoms with Crippen LogP contribution in [0.15, 0.2) is 16.3 Å². The van der Waals surface area contributed by atoms with Crippen LogP contribution in [0.2, 0.25) is 0 Å². The molecule has 0 aromatic carbocycles. The number of hydrogen-bond donors (Lipinski definition) is 3. The zero-order valence-electron chi connectivity index (χ0n) is 10.5. The molecule has 7 nitrogen and oxygen atoms in total. The van der Waals surface area contributed by atoms with E-state index in [2.05, 4.69) is 10.0 Å². The molecular weight excluding hydrogens is 304 g/mol. The van der Waals surface area contributed by atoms with Crippen LogP contribution in [0, 0.1) is 5.92 Å². The Kier molecular flexibility index (Phi) is 4.41. The van der Waals surface area contributed by atoms with Crippen LogP contribution in [0.4, 0.5) is 0 Å². The first-order chi connectivity index (χ1) is 9.40. The molecule has 0 aliphatic heterocycles. The number of nitrogens with one attached hydrogen (secondary N) is 2. The predicted octanol–water partition coefficient (Wildman–Crippen LogP) is 0.251. The zero-order valence-corrected chi connectivity index (χ0v) is 12.1. The quantitative estimate of drug-likeness (QED) is 0.624. The topological polar surface area (TPSA) is 113 Å². The van der Waals surface area contributed by atoms with Gasteiger partial charge in [-0.05, 0) is 18.9 Å². The highest BCUT2D eigenvalue weighted by Gasteiger charge is 2.29. The zero-order chi connectivity index (χ0) is 14.8. The lowest BCUT2D eigenvalue weighted by Crippen LogP contribution is -2.35. The minimum Gasteiger partial charge on any atom is -0.477 e. The van der Waals surface area contributed by atoms with Gasteiger partial charge in [0.15, 0.2) is 0 Å². The van der Waals surface area contributed by atoms with Gasteiger partial charge in [-0.25, -0.2) is 17.9 Å². The average molecular weight is 318 g/mol. The van der Waals surface area contributed by atoms with Gasteiger partial charge in [0.25, 0.3) is 0 Å². The van der Waals surface area contributed by atoms with E-state index in [-0.39, 0.29) is 34.7 Å². The monoisotopic (exact) mass is 318 g/mol. The highest BCUT2D eigenvalue weighted by atomic mass is 32.2. The van der Waals surface area contributed by atoms with Crippen LogP contribution in [-0.2, 0) is 14.8 Å². The normalized spacial score (nSPS) is 15.0. The molecule has 1 fully saturated rings. The van der Waals surface area contributed by atoms with Crippen molar-refractivity contribution in [2.45, 2.75) is 17.7 Å². The Labute approximate surface area is 120 Å². The van der Waals surface area contributed by atoms with Crippen LogP contribution in [0.5, 0.6) is 0 Å². The number of thiophene rings is 1. The van der Waals surface area contributed by atoms with Crippen molar-refractivity contribution in [2.75, 3.05) is 13.1 Å². The minimum absolute atomic E-state index is 0.0348. The molecule has 0 atom stereocenters. The second-order valence-electron chi connectivity index (χ2n) is 4.41. The van der Waals surface area contributed by atoms with E-state index in [0.717, 1.165) is 30.2 Å². The van der Waals surface area contributed by atoms with Crippen molar-refractivity contribution in [3.8, 4) is 0 Å². The molecule has 2 rings (SSSR count). The van der Waals surface area contributed by atoms with Crippen LogP contribution in [0.1, 0.15) is 22.5 Å². The molecule has 0 unspecified atom stereocenters. The standard InChI is InChI=1S/C11H14N2O5S2/c14-10(7-1-2-7)12-3-4-13-20(17,18)8-5-9(11(15)16)19-6-8/h5-7,13H,1-4H2,(H,12,14)(H,15,16). The SMILES string of the molecule is O=C(O)c1cc(S(=O)(=O)NCCNC(=O)C2CC2)cs1. The van der Waals surface area contributed by atoms with E-state index in [9.17, 15) is 18.0 Å². The van der Waals surface area contributed by atoms with Gasteiger partial charge < -0.3 is 10.4 Å². The van der Waals surface area contributed by atoms with Crippen molar-refractivity contribution >= 4 is 33.2 Å². The summed E-state index contributed by atoms with van der Waals surface area (Å²) in [5, 5.41) is 12.7. The summed E-state index contributed by atoms with van der Waals surface area (Å²) in [5.74, 6) is -1.12. The number of amides is 1. The molecule has 1 amide bonds. The number of carbonyl (C=O) groups is 2. The Morgan fingerprint density at radius 2 is 2.05 bits per heavy atom. The summed E-state index contributed by atoms with van der Waals surface area (Å²) >= 11 is 0.852. The number of hydrogen-bond acceptors (Lipinski definition) is 5. The minimum atomic E-state index is -3.73. The smallest absolute Gasteiger partial charge is 0.345 e. The maximum absolute atomic E-state index is 11.8. The van der Waals surface area contributed by atoms with Gasteiger partial charge in [-0.2, -0.15) is 0 Å². The second kappa shape index (κ2) is 5.90. The highest BCUT2D eigenvalue weighted by Crippen LogP contribution is 2.28.